The smallest absolute Gasteiger partial charge is 0.413 e. The molecule has 4 heterocycles. The zero-order chi connectivity index (χ0) is 23.8. The van der Waals surface area contributed by atoms with Gasteiger partial charge in [0.25, 0.3) is 5.92 Å². The van der Waals surface area contributed by atoms with Crippen LogP contribution in [-0.4, -0.2) is 61.4 Å². The largest absolute Gasteiger partial charge is 0.437 e. The fourth-order valence-electron chi connectivity index (χ4n) is 4.04. The molecule has 1 saturated heterocycles. The van der Waals surface area contributed by atoms with E-state index < -0.39 is 30.6 Å². The molecule has 0 spiro atoms. The standard InChI is InChI=1S/C21H25F3N5O3P/c1-11-9-29(6-5-25-11)15-8-12(21(23,24)10-31-2)7-14(27-15)13-3-4-26-19-16(13)17(18(22)33)32-20(30)28-19/h3-4,7-8,11,17-18,25H,5-6,9-10,33H2,1-2H3,(H,26,28,30)/t11-,17?,18?/m0/s1. The first kappa shape index (κ1) is 23.7. The second-order valence-corrected chi connectivity index (χ2v) is 8.69. The lowest BCUT2D eigenvalue weighted by atomic mass is 9.97. The number of fused-ring (bicyclic) bond motifs is 1. The maximum atomic E-state index is 14.9. The summed E-state index contributed by atoms with van der Waals surface area (Å²) in [5.41, 5.74) is 0.494. The number of anilines is 2. The normalized spacial score (nSPS) is 21.8. The van der Waals surface area contributed by atoms with Crippen molar-refractivity contribution in [3.05, 3.63) is 35.5 Å². The van der Waals surface area contributed by atoms with Gasteiger partial charge in [0.2, 0.25) is 0 Å². The number of aromatic nitrogens is 2. The Morgan fingerprint density at radius 3 is 2.91 bits per heavy atom. The van der Waals surface area contributed by atoms with Crippen molar-refractivity contribution in [2.45, 2.75) is 30.9 Å². The Bertz CT molecular complexity index is 1040. The molecule has 4 rings (SSSR count). The molecule has 2 aromatic rings. The van der Waals surface area contributed by atoms with Gasteiger partial charge >= 0.3 is 6.09 Å². The summed E-state index contributed by atoms with van der Waals surface area (Å²) in [6.45, 7) is 3.05. The zero-order valence-corrected chi connectivity index (χ0v) is 19.3. The van der Waals surface area contributed by atoms with Crippen LogP contribution in [0.25, 0.3) is 11.3 Å². The number of ether oxygens (including phenoxy) is 2. The van der Waals surface area contributed by atoms with Gasteiger partial charge in [0.15, 0.2) is 12.0 Å². The van der Waals surface area contributed by atoms with Crippen LogP contribution in [-0.2, 0) is 15.4 Å². The van der Waals surface area contributed by atoms with E-state index in [4.69, 9.17) is 9.47 Å². The number of carbonyl (C=O) groups excluding carboxylic acids is 1. The van der Waals surface area contributed by atoms with Gasteiger partial charge in [-0.1, -0.05) is 9.24 Å². The SMILES string of the molecule is COCC(F)(F)c1cc(-c2ccnc3c2C(C(F)P)OC(=O)N3)nc(N2CCN[C@@H](C)C2)c1. The Kier molecular flexibility index (Phi) is 6.74. The number of rotatable bonds is 6. The first-order valence-corrected chi connectivity index (χ1v) is 11.1. The van der Waals surface area contributed by atoms with Gasteiger partial charge in [-0.2, -0.15) is 8.78 Å². The number of nitrogens with one attached hydrogen (secondary N) is 2. The van der Waals surface area contributed by atoms with E-state index in [1.165, 1.54) is 25.4 Å². The molecule has 1 fully saturated rings. The van der Waals surface area contributed by atoms with Gasteiger partial charge in [-0.3, -0.25) is 5.32 Å². The fraction of sp³-hybridized carbons (Fsp3) is 0.476. The minimum absolute atomic E-state index is 0.104. The molecule has 0 aromatic carbocycles. The molecule has 2 aliphatic rings. The number of alkyl halides is 3. The van der Waals surface area contributed by atoms with E-state index in [-0.39, 0.29) is 28.7 Å². The Hall–Kier alpha value is -2.49. The summed E-state index contributed by atoms with van der Waals surface area (Å²) in [7, 11) is 3.16. The van der Waals surface area contributed by atoms with Gasteiger partial charge in [-0.05, 0) is 25.1 Å². The van der Waals surface area contributed by atoms with E-state index in [0.717, 1.165) is 0 Å². The third-order valence-electron chi connectivity index (χ3n) is 5.55. The van der Waals surface area contributed by atoms with Gasteiger partial charge in [-0.15, -0.1) is 0 Å². The minimum Gasteiger partial charge on any atom is -0.437 e. The van der Waals surface area contributed by atoms with Crippen LogP contribution in [0.5, 0.6) is 0 Å². The molecule has 2 N–H and O–H groups in total. The Morgan fingerprint density at radius 1 is 1.42 bits per heavy atom. The predicted octanol–water partition coefficient (Wildman–Crippen LogP) is 3.45. The Labute approximate surface area is 191 Å². The summed E-state index contributed by atoms with van der Waals surface area (Å²) in [5.74, 6) is -4.44. The van der Waals surface area contributed by atoms with E-state index in [2.05, 4.69) is 20.6 Å². The Balaban J connectivity index is 1.88. The zero-order valence-electron chi connectivity index (χ0n) is 18.1. The quantitative estimate of drug-likeness (QED) is 0.609. The summed E-state index contributed by atoms with van der Waals surface area (Å²) in [5, 5.41) is 5.75. The van der Waals surface area contributed by atoms with Crippen molar-refractivity contribution >= 4 is 27.0 Å². The van der Waals surface area contributed by atoms with Crippen molar-refractivity contribution in [3.63, 3.8) is 0 Å². The highest BCUT2D eigenvalue weighted by atomic mass is 31.0. The van der Waals surface area contributed by atoms with Crippen LogP contribution in [0.15, 0.2) is 24.4 Å². The van der Waals surface area contributed by atoms with Crippen molar-refractivity contribution < 1.29 is 27.4 Å². The summed E-state index contributed by atoms with van der Waals surface area (Å²) < 4.78 is 54.1. The molecule has 2 aliphatic heterocycles. The third-order valence-corrected chi connectivity index (χ3v) is 5.90. The van der Waals surface area contributed by atoms with E-state index in [1.54, 1.807) is 6.07 Å². The second-order valence-electron chi connectivity index (χ2n) is 8.05. The number of pyridine rings is 2. The van der Waals surface area contributed by atoms with Crippen molar-refractivity contribution in [2.24, 2.45) is 0 Å². The lowest BCUT2D eigenvalue weighted by Gasteiger charge is -2.34. The number of cyclic esters (lactones) is 1. The Morgan fingerprint density at radius 2 is 2.21 bits per heavy atom. The summed E-state index contributed by atoms with van der Waals surface area (Å²) in [4.78, 5) is 22.5. The number of carbonyl (C=O) groups is 1. The molecule has 0 aliphatic carbocycles. The van der Waals surface area contributed by atoms with Crippen LogP contribution in [0.3, 0.4) is 0 Å². The number of hydrogen-bond donors (Lipinski definition) is 2. The number of amides is 1. The molecule has 0 saturated carbocycles. The molecule has 33 heavy (non-hydrogen) atoms. The number of piperazine rings is 1. The molecular weight excluding hydrogens is 458 g/mol. The third kappa shape index (κ3) is 4.90. The predicted molar refractivity (Wildman–Crippen MR) is 120 cm³/mol. The maximum absolute atomic E-state index is 14.9. The van der Waals surface area contributed by atoms with E-state index in [1.807, 2.05) is 21.1 Å². The molecule has 4 atom stereocenters. The second kappa shape index (κ2) is 9.40. The van der Waals surface area contributed by atoms with Gasteiger partial charge in [0.05, 0.1) is 5.69 Å². The van der Waals surface area contributed by atoms with Gasteiger partial charge < -0.3 is 19.7 Å². The van der Waals surface area contributed by atoms with E-state index >= 15 is 0 Å². The van der Waals surface area contributed by atoms with Crippen molar-refractivity contribution in [3.8, 4) is 11.3 Å². The molecule has 178 valence electrons. The molecule has 1 amide bonds. The first-order valence-electron chi connectivity index (χ1n) is 10.4. The van der Waals surface area contributed by atoms with Crippen LogP contribution in [0, 0.1) is 0 Å². The van der Waals surface area contributed by atoms with Gasteiger partial charge in [-0.25, -0.2) is 19.2 Å². The summed E-state index contributed by atoms with van der Waals surface area (Å²) in [6.07, 6.45) is -0.720. The fourth-order valence-corrected chi connectivity index (χ4v) is 4.31. The molecule has 2 aromatic heterocycles. The van der Waals surface area contributed by atoms with Gasteiger partial charge in [0.1, 0.15) is 18.2 Å². The van der Waals surface area contributed by atoms with Crippen molar-refractivity contribution in [1.29, 1.82) is 0 Å². The lowest BCUT2D eigenvalue weighted by molar-refractivity contribution is -0.0697. The molecular formula is C21H25F3N5O3P. The van der Waals surface area contributed by atoms with Crippen LogP contribution < -0.4 is 15.5 Å². The molecule has 0 radical (unpaired) electrons. The van der Waals surface area contributed by atoms with Gasteiger partial charge in [0, 0.05) is 55.7 Å². The molecule has 12 heteroatoms. The molecule has 8 nitrogen and oxygen atoms in total. The lowest BCUT2D eigenvalue weighted by Crippen LogP contribution is -2.49. The molecule has 3 unspecified atom stereocenters. The van der Waals surface area contributed by atoms with Crippen LogP contribution in [0.1, 0.15) is 24.2 Å². The van der Waals surface area contributed by atoms with Crippen LogP contribution >= 0.6 is 9.24 Å². The summed E-state index contributed by atoms with van der Waals surface area (Å²) in [6, 6.07) is 4.31. The summed E-state index contributed by atoms with van der Waals surface area (Å²) >= 11 is 0. The topological polar surface area (TPSA) is 88.6 Å². The average molecular weight is 483 g/mol. The average Bonchev–Trinajstić information content (AvgIpc) is 2.77. The highest BCUT2D eigenvalue weighted by Gasteiger charge is 2.37. The number of nitrogens with zero attached hydrogens (tertiary/aromatic N) is 3. The maximum Gasteiger partial charge on any atom is 0.413 e. The molecule has 0 bridgehead atoms. The van der Waals surface area contributed by atoms with Crippen molar-refractivity contribution in [1.82, 2.24) is 15.3 Å². The number of halogens is 3. The highest BCUT2D eigenvalue weighted by Crippen LogP contribution is 2.42. The van der Waals surface area contributed by atoms with Crippen LogP contribution in [0.4, 0.5) is 29.6 Å². The highest BCUT2D eigenvalue weighted by molar-refractivity contribution is 7.17. The first-order chi connectivity index (χ1) is 15.7. The van der Waals surface area contributed by atoms with E-state index in [9.17, 15) is 18.0 Å². The van der Waals surface area contributed by atoms with Crippen molar-refractivity contribution in [2.75, 3.05) is 43.6 Å². The monoisotopic (exact) mass is 483 g/mol. The number of hydrogen-bond acceptors (Lipinski definition) is 7. The number of methoxy groups -OCH3 is 1. The van der Waals surface area contributed by atoms with E-state index in [0.29, 0.717) is 31.0 Å². The minimum atomic E-state index is -3.28. The van der Waals surface area contributed by atoms with Crippen LogP contribution in [0.2, 0.25) is 0 Å².